The largest absolute Gasteiger partial charge is 0.493 e. The zero-order valence-electron chi connectivity index (χ0n) is 18.4. The zero-order chi connectivity index (χ0) is 22.5. The van der Waals surface area contributed by atoms with Crippen LogP contribution in [0.2, 0.25) is 0 Å². The van der Waals surface area contributed by atoms with E-state index >= 15 is 0 Å². The second-order valence-electron chi connectivity index (χ2n) is 8.03. The minimum absolute atomic E-state index is 0.00862. The number of aromatic nitrogens is 3. The standard InChI is InChI=1S/C23H29N5O4/c1-14-11-22(28-27-14)26-18-7-9-25-19-13-21(20(30-2)12-16(18)19)31-10-8-17(24)23(29)32-15-5-3-4-6-15/h7,9,11-13,15,17H,3-6,8,10,24H2,1-2H3,(H2,25,26,27,28)/t17-/m0/s1. The van der Waals surface area contributed by atoms with E-state index < -0.39 is 6.04 Å². The number of H-pyrrole nitrogens is 1. The first kappa shape index (κ1) is 21.9. The summed E-state index contributed by atoms with van der Waals surface area (Å²) in [4.78, 5) is 16.6. The predicted molar refractivity (Wildman–Crippen MR) is 121 cm³/mol. The van der Waals surface area contributed by atoms with E-state index in [1.165, 1.54) is 0 Å². The van der Waals surface area contributed by atoms with Crippen molar-refractivity contribution in [3.63, 3.8) is 0 Å². The van der Waals surface area contributed by atoms with Crippen molar-refractivity contribution in [1.82, 2.24) is 15.2 Å². The minimum Gasteiger partial charge on any atom is -0.493 e. The lowest BCUT2D eigenvalue weighted by molar-refractivity contribution is -0.150. The highest BCUT2D eigenvalue weighted by Crippen LogP contribution is 2.35. The van der Waals surface area contributed by atoms with Gasteiger partial charge in [-0.25, -0.2) is 0 Å². The molecule has 0 unspecified atom stereocenters. The lowest BCUT2D eigenvalue weighted by Gasteiger charge is -2.17. The molecule has 1 saturated carbocycles. The molecule has 0 amide bonds. The maximum absolute atomic E-state index is 12.2. The van der Waals surface area contributed by atoms with Gasteiger partial charge in [0, 0.05) is 35.8 Å². The summed E-state index contributed by atoms with van der Waals surface area (Å²) in [6.07, 6.45) is 6.12. The van der Waals surface area contributed by atoms with Gasteiger partial charge in [0.1, 0.15) is 12.1 Å². The van der Waals surface area contributed by atoms with E-state index in [0.717, 1.165) is 48.0 Å². The van der Waals surface area contributed by atoms with E-state index in [1.54, 1.807) is 13.3 Å². The number of carbonyl (C=O) groups excluding carboxylic acids is 1. The molecule has 4 rings (SSSR count). The van der Waals surface area contributed by atoms with E-state index in [4.69, 9.17) is 19.9 Å². The summed E-state index contributed by atoms with van der Waals surface area (Å²) in [6.45, 7) is 2.20. The summed E-state index contributed by atoms with van der Waals surface area (Å²) in [5, 5.41) is 11.3. The molecule has 9 nitrogen and oxygen atoms in total. The summed E-state index contributed by atoms with van der Waals surface area (Å²) >= 11 is 0. The van der Waals surface area contributed by atoms with Crippen LogP contribution in [0.15, 0.2) is 30.5 Å². The molecule has 0 spiro atoms. The van der Waals surface area contributed by atoms with Crippen molar-refractivity contribution in [2.45, 2.75) is 51.2 Å². The summed E-state index contributed by atoms with van der Waals surface area (Å²) in [5.74, 6) is 1.45. The molecule has 0 aliphatic heterocycles. The minimum atomic E-state index is -0.715. The maximum atomic E-state index is 12.2. The van der Waals surface area contributed by atoms with Crippen molar-refractivity contribution in [2.75, 3.05) is 19.0 Å². The number of methoxy groups -OCH3 is 1. The molecule has 0 saturated heterocycles. The highest BCUT2D eigenvalue weighted by atomic mass is 16.5. The van der Waals surface area contributed by atoms with Gasteiger partial charge in [0.25, 0.3) is 0 Å². The van der Waals surface area contributed by atoms with Crippen molar-refractivity contribution >= 4 is 28.4 Å². The lowest BCUT2D eigenvalue weighted by atomic mass is 10.1. The molecule has 1 aliphatic carbocycles. The van der Waals surface area contributed by atoms with Gasteiger partial charge in [0.05, 0.1) is 24.9 Å². The molecule has 1 fully saturated rings. The van der Waals surface area contributed by atoms with Gasteiger partial charge in [0.15, 0.2) is 17.3 Å². The van der Waals surface area contributed by atoms with Gasteiger partial charge in [-0.3, -0.25) is 14.9 Å². The molecular weight excluding hydrogens is 410 g/mol. The zero-order valence-corrected chi connectivity index (χ0v) is 18.4. The Bertz CT molecular complexity index is 1080. The molecule has 4 N–H and O–H groups in total. The van der Waals surface area contributed by atoms with Crippen LogP contribution in [-0.2, 0) is 9.53 Å². The number of aromatic amines is 1. The number of carbonyl (C=O) groups is 1. The summed E-state index contributed by atoms with van der Waals surface area (Å²) in [7, 11) is 1.58. The second-order valence-corrected chi connectivity index (χ2v) is 8.03. The average molecular weight is 440 g/mol. The van der Waals surface area contributed by atoms with Crippen LogP contribution in [-0.4, -0.2) is 47.0 Å². The van der Waals surface area contributed by atoms with Crippen LogP contribution in [0.4, 0.5) is 11.5 Å². The molecule has 170 valence electrons. The molecular formula is C23H29N5O4. The van der Waals surface area contributed by atoms with Crippen LogP contribution in [0.3, 0.4) is 0 Å². The Labute approximate surface area is 186 Å². The Morgan fingerprint density at radius 2 is 2.09 bits per heavy atom. The van der Waals surface area contributed by atoms with Crippen LogP contribution >= 0.6 is 0 Å². The lowest BCUT2D eigenvalue weighted by Crippen LogP contribution is -2.35. The van der Waals surface area contributed by atoms with E-state index in [-0.39, 0.29) is 18.7 Å². The van der Waals surface area contributed by atoms with Crippen LogP contribution in [0.25, 0.3) is 10.9 Å². The van der Waals surface area contributed by atoms with Crippen LogP contribution in [0, 0.1) is 6.92 Å². The summed E-state index contributed by atoms with van der Waals surface area (Å²) < 4.78 is 16.9. The fraction of sp³-hybridized carbons (Fsp3) is 0.435. The summed E-state index contributed by atoms with van der Waals surface area (Å²) in [6, 6.07) is 6.77. The average Bonchev–Trinajstić information content (AvgIpc) is 3.45. The van der Waals surface area contributed by atoms with Crippen LogP contribution in [0.1, 0.15) is 37.8 Å². The number of hydrogen-bond acceptors (Lipinski definition) is 8. The first-order valence-electron chi connectivity index (χ1n) is 10.9. The fourth-order valence-corrected chi connectivity index (χ4v) is 3.83. The highest BCUT2D eigenvalue weighted by molar-refractivity contribution is 5.94. The third-order valence-electron chi connectivity index (χ3n) is 5.57. The molecule has 0 bridgehead atoms. The number of pyridine rings is 1. The van der Waals surface area contributed by atoms with Crippen molar-refractivity contribution < 1.29 is 19.0 Å². The number of aryl methyl sites for hydroxylation is 1. The number of rotatable bonds is 9. The highest BCUT2D eigenvalue weighted by Gasteiger charge is 2.23. The third kappa shape index (κ3) is 5.11. The van der Waals surface area contributed by atoms with Gasteiger partial charge in [-0.15, -0.1) is 0 Å². The first-order valence-corrected chi connectivity index (χ1v) is 10.9. The smallest absolute Gasteiger partial charge is 0.323 e. The fourth-order valence-electron chi connectivity index (χ4n) is 3.83. The quantitative estimate of drug-likeness (QED) is 0.432. The van der Waals surface area contributed by atoms with Gasteiger partial charge in [-0.2, -0.15) is 5.10 Å². The number of nitrogens with one attached hydrogen (secondary N) is 2. The second kappa shape index (κ2) is 9.86. The van der Waals surface area contributed by atoms with Gasteiger partial charge in [-0.05, 0) is 44.7 Å². The normalized spacial score (nSPS) is 15.0. The maximum Gasteiger partial charge on any atom is 0.323 e. The number of nitrogens with zero attached hydrogens (tertiary/aromatic N) is 2. The first-order chi connectivity index (χ1) is 15.5. The molecule has 1 aromatic carbocycles. The molecule has 2 aromatic heterocycles. The molecule has 9 heteroatoms. The van der Waals surface area contributed by atoms with Gasteiger partial charge < -0.3 is 25.3 Å². The Morgan fingerprint density at radius 1 is 1.28 bits per heavy atom. The third-order valence-corrected chi connectivity index (χ3v) is 5.57. The van der Waals surface area contributed by atoms with E-state index in [1.807, 2.05) is 31.2 Å². The van der Waals surface area contributed by atoms with Gasteiger partial charge >= 0.3 is 5.97 Å². The Balaban J connectivity index is 1.42. The molecule has 1 atom stereocenters. The Kier molecular flexibility index (Phi) is 6.75. The number of hydrogen-bond donors (Lipinski definition) is 3. The van der Waals surface area contributed by atoms with Crippen molar-refractivity contribution in [2.24, 2.45) is 5.73 Å². The Hall–Kier alpha value is -3.33. The van der Waals surface area contributed by atoms with Crippen molar-refractivity contribution in [3.8, 4) is 11.5 Å². The molecule has 3 aromatic rings. The summed E-state index contributed by atoms with van der Waals surface area (Å²) in [5.41, 5.74) is 8.55. The predicted octanol–water partition coefficient (Wildman–Crippen LogP) is 3.60. The number of ether oxygens (including phenoxy) is 3. The molecule has 2 heterocycles. The number of anilines is 2. The Morgan fingerprint density at radius 3 is 2.81 bits per heavy atom. The van der Waals surface area contributed by atoms with E-state index in [9.17, 15) is 4.79 Å². The van der Waals surface area contributed by atoms with Crippen molar-refractivity contribution in [3.05, 3.63) is 36.2 Å². The number of esters is 1. The SMILES string of the molecule is COc1cc2c(Nc3cc(C)[nH]n3)ccnc2cc1OCC[C@H](N)C(=O)OC1CCCC1. The van der Waals surface area contributed by atoms with E-state index in [2.05, 4.69) is 20.5 Å². The van der Waals surface area contributed by atoms with Crippen molar-refractivity contribution in [1.29, 1.82) is 0 Å². The topological polar surface area (TPSA) is 124 Å². The number of nitrogens with two attached hydrogens (primary N) is 1. The number of benzene rings is 1. The molecule has 0 radical (unpaired) electrons. The van der Waals surface area contributed by atoms with Crippen LogP contribution in [0.5, 0.6) is 11.5 Å². The van der Waals surface area contributed by atoms with E-state index in [0.29, 0.717) is 23.7 Å². The van der Waals surface area contributed by atoms with Gasteiger partial charge in [-0.1, -0.05) is 0 Å². The van der Waals surface area contributed by atoms with Gasteiger partial charge in [0.2, 0.25) is 0 Å². The van der Waals surface area contributed by atoms with Crippen LogP contribution < -0.4 is 20.5 Å². The molecule has 32 heavy (non-hydrogen) atoms. The monoisotopic (exact) mass is 439 g/mol. The number of fused-ring (bicyclic) bond motifs is 1. The molecule has 1 aliphatic rings.